The summed E-state index contributed by atoms with van der Waals surface area (Å²) in [6.45, 7) is 0. The number of anilines is 1. The second-order valence-electron chi connectivity index (χ2n) is 2.87. The highest BCUT2D eigenvalue weighted by Gasteiger charge is 2.13. The molecule has 1 rings (SSSR count). The van der Waals surface area contributed by atoms with Gasteiger partial charge in [-0.2, -0.15) is 0 Å². The van der Waals surface area contributed by atoms with Gasteiger partial charge in [0.05, 0.1) is 17.5 Å². The van der Waals surface area contributed by atoms with Crippen molar-refractivity contribution >= 4 is 21.7 Å². The normalized spacial score (nSPS) is 11.1. The number of nitrogens with one attached hydrogen (secondary N) is 1. The van der Waals surface area contributed by atoms with E-state index in [2.05, 4.69) is 0 Å². The molecule has 0 aliphatic carbocycles. The lowest BCUT2D eigenvalue weighted by Gasteiger charge is -2.07. The van der Waals surface area contributed by atoms with Gasteiger partial charge in [-0.25, -0.2) is 17.6 Å². The lowest BCUT2D eigenvalue weighted by molar-refractivity contribution is 0.0697. The molecular weight excluding hydrogens is 225 g/mol. The standard InChI is InChI=1S/C8H8FNO4S/c1-15(13,14)10-7-3-2-5(9)4-6(7)8(11)12/h2-4,10H,1H3,(H,11,12). The third-order valence-electron chi connectivity index (χ3n) is 1.51. The molecule has 0 aliphatic heterocycles. The Bertz CT molecular complexity index is 497. The Hall–Kier alpha value is -1.63. The Morgan fingerprint density at radius 1 is 1.47 bits per heavy atom. The molecule has 0 amide bonds. The molecule has 0 saturated carbocycles. The van der Waals surface area contributed by atoms with Crippen molar-refractivity contribution in [3.8, 4) is 0 Å². The predicted molar refractivity (Wildman–Crippen MR) is 51.8 cm³/mol. The molecule has 0 fully saturated rings. The first-order valence-corrected chi connectivity index (χ1v) is 5.69. The van der Waals surface area contributed by atoms with Crippen molar-refractivity contribution in [3.63, 3.8) is 0 Å². The summed E-state index contributed by atoms with van der Waals surface area (Å²) < 4.78 is 36.4. The number of rotatable bonds is 3. The van der Waals surface area contributed by atoms with Gasteiger partial charge in [-0.3, -0.25) is 4.72 Å². The van der Waals surface area contributed by atoms with Crippen LogP contribution in [0.15, 0.2) is 18.2 Å². The molecule has 0 radical (unpaired) electrons. The van der Waals surface area contributed by atoms with E-state index < -0.39 is 27.4 Å². The number of carboxylic acids is 1. The molecule has 0 unspecified atom stereocenters. The number of hydrogen-bond donors (Lipinski definition) is 2. The summed E-state index contributed by atoms with van der Waals surface area (Å²) in [5, 5.41) is 8.69. The monoisotopic (exact) mass is 233 g/mol. The Labute approximate surface area is 85.6 Å². The molecule has 0 atom stereocenters. The van der Waals surface area contributed by atoms with Crippen LogP contribution in [0.2, 0.25) is 0 Å². The van der Waals surface area contributed by atoms with E-state index in [1.165, 1.54) is 0 Å². The summed E-state index contributed by atoms with van der Waals surface area (Å²) >= 11 is 0. The molecule has 0 spiro atoms. The summed E-state index contributed by atoms with van der Waals surface area (Å²) in [6.07, 6.45) is 0.877. The molecule has 7 heteroatoms. The molecule has 1 aromatic carbocycles. The maximum atomic E-state index is 12.7. The number of carbonyl (C=O) groups is 1. The number of sulfonamides is 1. The van der Waals surface area contributed by atoms with Crippen LogP contribution in [0.4, 0.5) is 10.1 Å². The van der Waals surface area contributed by atoms with Crippen molar-refractivity contribution in [1.29, 1.82) is 0 Å². The molecule has 82 valence electrons. The molecule has 0 heterocycles. The molecule has 0 saturated heterocycles. The first kappa shape index (κ1) is 11.4. The average Bonchev–Trinajstić information content (AvgIpc) is 2.05. The molecule has 1 aromatic rings. The van der Waals surface area contributed by atoms with Gasteiger partial charge in [-0.15, -0.1) is 0 Å². The van der Waals surface area contributed by atoms with Crippen molar-refractivity contribution in [3.05, 3.63) is 29.6 Å². The largest absolute Gasteiger partial charge is 0.478 e. The fourth-order valence-corrected chi connectivity index (χ4v) is 1.56. The van der Waals surface area contributed by atoms with Crippen molar-refractivity contribution in [2.45, 2.75) is 0 Å². The second-order valence-corrected chi connectivity index (χ2v) is 4.62. The van der Waals surface area contributed by atoms with Crippen molar-refractivity contribution in [2.75, 3.05) is 11.0 Å². The van der Waals surface area contributed by atoms with Gasteiger partial charge in [0.1, 0.15) is 5.82 Å². The lowest BCUT2D eigenvalue weighted by atomic mass is 10.2. The van der Waals surface area contributed by atoms with Crippen LogP contribution in [0.1, 0.15) is 10.4 Å². The Kier molecular flexibility index (Phi) is 2.94. The van der Waals surface area contributed by atoms with Gasteiger partial charge in [0, 0.05) is 0 Å². The Morgan fingerprint density at radius 2 is 2.07 bits per heavy atom. The fourth-order valence-electron chi connectivity index (χ4n) is 0.982. The van der Waals surface area contributed by atoms with Crippen LogP contribution >= 0.6 is 0 Å². The van der Waals surface area contributed by atoms with Gasteiger partial charge in [0.25, 0.3) is 0 Å². The number of aromatic carboxylic acids is 1. The van der Waals surface area contributed by atoms with Crippen LogP contribution in [0, 0.1) is 5.82 Å². The van der Waals surface area contributed by atoms with Gasteiger partial charge in [-0.05, 0) is 18.2 Å². The van der Waals surface area contributed by atoms with E-state index in [0.717, 1.165) is 24.5 Å². The van der Waals surface area contributed by atoms with Gasteiger partial charge in [-0.1, -0.05) is 0 Å². The van der Waals surface area contributed by atoms with E-state index >= 15 is 0 Å². The second kappa shape index (κ2) is 3.85. The molecule has 5 nitrogen and oxygen atoms in total. The van der Waals surface area contributed by atoms with E-state index in [1.54, 1.807) is 0 Å². The minimum Gasteiger partial charge on any atom is -0.478 e. The van der Waals surface area contributed by atoms with E-state index in [9.17, 15) is 17.6 Å². The third-order valence-corrected chi connectivity index (χ3v) is 2.10. The topological polar surface area (TPSA) is 83.5 Å². The zero-order valence-electron chi connectivity index (χ0n) is 7.69. The molecule has 2 N–H and O–H groups in total. The molecule has 15 heavy (non-hydrogen) atoms. The van der Waals surface area contributed by atoms with Crippen molar-refractivity contribution in [1.82, 2.24) is 0 Å². The Balaban J connectivity index is 3.24. The summed E-state index contributed by atoms with van der Waals surface area (Å²) in [6, 6.07) is 2.77. The third kappa shape index (κ3) is 3.21. The van der Waals surface area contributed by atoms with Crippen LogP contribution in [-0.4, -0.2) is 25.7 Å². The smallest absolute Gasteiger partial charge is 0.337 e. The predicted octanol–water partition coefficient (Wildman–Crippen LogP) is 0.895. The van der Waals surface area contributed by atoms with E-state index in [-0.39, 0.29) is 5.69 Å². The van der Waals surface area contributed by atoms with Gasteiger partial charge in [0.15, 0.2) is 0 Å². The molecule has 0 aliphatic rings. The zero-order chi connectivity index (χ0) is 11.6. The van der Waals surface area contributed by atoms with Crippen LogP contribution in [0.5, 0.6) is 0 Å². The van der Waals surface area contributed by atoms with E-state index in [1.807, 2.05) is 4.72 Å². The number of halogens is 1. The van der Waals surface area contributed by atoms with Crippen LogP contribution in [0.3, 0.4) is 0 Å². The maximum Gasteiger partial charge on any atom is 0.337 e. The van der Waals surface area contributed by atoms with E-state index in [4.69, 9.17) is 5.11 Å². The number of benzene rings is 1. The van der Waals surface area contributed by atoms with Crippen molar-refractivity contribution in [2.24, 2.45) is 0 Å². The first-order valence-electron chi connectivity index (χ1n) is 3.80. The highest BCUT2D eigenvalue weighted by atomic mass is 32.2. The zero-order valence-corrected chi connectivity index (χ0v) is 8.51. The van der Waals surface area contributed by atoms with Crippen molar-refractivity contribution < 1.29 is 22.7 Å². The lowest BCUT2D eigenvalue weighted by Crippen LogP contribution is -2.13. The summed E-state index contributed by atoms with van der Waals surface area (Å²) in [5.41, 5.74) is -0.591. The Morgan fingerprint density at radius 3 is 2.53 bits per heavy atom. The van der Waals surface area contributed by atoms with E-state index in [0.29, 0.717) is 0 Å². The number of hydrogen-bond acceptors (Lipinski definition) is 3. The summed E-state index contributed by atoms with van der Waals surface area (Å²) in [5.74, 6) is -2.15. The summed E-state index contributed by atoms with van der Waals surface area (Å²) in [7, 11) is -3.58. The van der Waals surface area contributed by atoms with Crippen LogP contribution < -0.4 is 4.72 Å². The highest BCUT2D eigenvalue weighted by molar-refractivity contribution is 7.92. The van der Waals surface area contributed by atoms with Crippen LogP contribution in [-0.2, 0) is 10.0 Å². The SMILES string of the molecule is CS(=O)(=O)Nc1ccc(F)cc1C(=O)O. The van der Waals surface area contributed by atoms with Gasteiger partial charge >= 0.3 is 5.97 Å². The quantitative estimate of drug-likeness (QED) is 0.812. The first-order chi connectivity index (χ1) is 6.79. The van der Waals surface area contributed by atoms with Gasteiger partial charge < -0.3 is 5.11 Å². The average molecular weight is 233 g/mol. The minimum absolute atomic E-state index is 0.161. The fraction of sp³-hybridized carbons (Fsp3) is 0.125. The molecule has 0 aromatic heterocycles. The molecular formula is C8H8FNO4S. The van der Waals surface area contributed by atoms with Crippen LogP contribution in [0.25, 0.3) is 0 Å². The maximum absolute atomic E-state index is 12.7. The minimum atomic E-state index is -3.58. The number of carboxylic acid groups (broad SMARTS) is 1. The molecule has 0 bridgehead atoms. The highest BCUT2D eigenvalue weighted by Crippen LogP contribution is 2.17. The summed E-state index contributed by atoms with van der Waals surface area (Å²) in [4.78, 5) is 10.7. The van der Waals surface area contributed by atoms with Gasteiger partial charge in [0.2, 0.25) is 10.0 Å².